The van der Waals surface area contributed by atoms with E-state index in [2.05, 4.69) is 0 Å². The van der Waals surface area contributed by atoms with Gasteiger partial charge in [0.15, 0.2) is 5.75 Å². The van der Waals surface area contributed by atoms with Crippen LogP contribution in [0.1, 0.15) is 0 Å². The van der Waals surface area contributed by atoms with Crippen molar-refractivity contribution in [3.05, 3.63) is 0 Å². The molecule has 15 heavy (non-hydrogen) atoms. The van der Waals surface area contributed by atoms with Gasteiger partial charge in [0.1, 0.15) is 0 Å². The number of sulfonamides is 1. The molecule has 0 fully saturated rings. The number of nitrogens with zero attached hydrogens (tertiary/aromatic N) is 2. The van der Waals surface area contributed by atoms with E-state index < -0.39 is 40.7 Å². The summed E-state index contributed by atoms with van der Waals surface area (Å²) in [6, 6.07) is 1.40. The highest BCUT2D eigenvalue weighted by Crippen LogP contribution is 1.99. The maximum atomic E-state index is 11.3. The van der Waals surface area contributed by atoms with E-state index >= 15 is 0 Å². The Balaban J connectivity index is 4.86. The maximum Gasteiger partial charge on any atom is 0.232 e. The third-order valence-corrected chi connectivity index (χ3v) is 2.84. The summed E-state index contributed by atoms with van der Waals surface area (Å²) in [5.74, 6) is -2.70. The van der Waals surface area contributed by atoms with Gasteiger partial charge >= 0.3 is 0 Å². The number of carbonyl (C=O) groups is 2. The molecule has 0 rings (SSSR count). The molecular formula is C6H10N4O4S. The Hall–Kier alpha value is -1.66. The fraction of sp³-hybridized carbons (Fsp3) is 0.500. The Morgan fingerprint density at radius 2 is 1.60 bits per heavy atom. The van der Waals surface area contributed by atoms with Crippen molar-refractivity contribution >= 4 is 21.8 Å². The molecule has 0 aliphatic rings. The van der Waals surface area contributed by atoms with Gasteiger partial charge in [-0.25, -0.2) is 8.42 Å². The van der Waals surface area contributed by atoms with E-state index in [-0.39, 0.29) is 0 Å². The van der Waals surface area contributed by atoms with Crippen LogP contribution in [0, 0.1) is 11.3 Å². The standard InChI is InChI=1S/C6H10N4O4S/c7-1-2-15(13,14)10(3-5(8)11)4-6(9)12/h2-4H2,(H2,8,11)(H2,9,12). The van der Waals surface area contributed by atoms with E-state index in [1.807, 2.05) is 0 Å². The van der Waals surface area contributed by atoms with Crippen LogP contribution in [0.4, 0.5) is 0 Å². The molecule has 9 heteroatoms. The fourth-order valence-electron chi connectivity index (χ4n) is 0.773. The minimum atomic E-state index is -3.99. The first-order valence-electron chi connectivity index (χ1n) is 3.71. The monoisotopic (exact) mass is 234 g/mol. The molecule has 0 unspecified atom stereocenters. The first kappa shape index (κ1) is 13.3. The van der Waals surface area contributed by atoms with Crippen LogP contribution >= 0.6 is 0 Å². The van der Waals surface area contributed by atoms with Crippen LogP contribution in [-0.2, 0) is 19.6 Å². The lowest BCUT2D eigenvalue weighted by Crippen LogP contribution is -2.44. The Bertz CT molecular complexity index is 380. The van der Waals surface area contributed by atoms with E-state index in [4.69, 9.17) is 16.7 Å². The summed E-state index contributed by atoms with van der Waals surface area (Å²) in [7, 11) is -3.99. The van der Waals surface area contributed by atoms with Gasteiger partial charge in [-0.05, 0) is 0 Å². The van der Waals surface area contributed by atoms with Crippen LogP contribution in [0.2, 0.25) is 0 Å². The van der Waals surface area contributed by atoms with Crippen molar-refractivity contribution in [1.82, 2.24) is 4.31 Å². The highest BCUT2D eigenvalue weighted by molar-refractivity contribution is 7.89. The molecule has 0 spiro atoms. The average molecular weight is 234 g/mol. The molecule has 84 valence electrons. The van der Waals surface area contributed by atoms with Gasteiger partial charge in [0.2, 0.25) is 21.8 Å². The molecule has 0 heterocycles. The second-order valence-electron chi connectivity index (χ2n) is 2.62. The first-order valence-corrected chi connectivity index (χ1v) is 5.32. The minimum absolute atomic E-state index is 0.473. The summed E-state index contributed by atoms with van der Waals surface area (Å²) in [4.78, 5) is 21.0. The van der Waals surface area contributed by atoms with Gasteiger partial charge in [0.05, 0.1) is 19.2 Å². The smallest absolute Gasteiger partial charge is 0.232 e. The number of rotatable bonds is 6. The lowest BCUT2D eigenvalue weighted by atomic mass is 10.5. The third-order valence-electron chi connectivity index (χ3n) is 1.30. The number of hydrogen-bond acceptors (Lipinski definition) is 5. The highest BCUT2D eigenvalue weighted by Gasteiger charge is 2.24. The molecule has 0 bridgehead atoms. The fourth-order valence-corrected chi connectivity index (χ4v) is 1.77. The van der Waals surface area contributed by atoms with Gasteiger partial charge in [0.25, 0.3) is 0 Å². The van der Waals surface area contributed by atoms with Crippen molar-refractivity contribution in [3.8, 4) is 6.07 Å². The topological polar surface area (TPSA) is 147 Å². The van der Waals surface area contributed by atoms with Crippen molar-refractivity contribution in [2.45, 2.75) is 0 Å². The van der Waals surface area contributed by atoms with Crippen LogP contribution in [0.5, 0.6) is 0 Å². The molecule has 0 saturated carbocycles. The molecule has 0 aromatic carbocycles. The number of amides is 2. The van der Waals surface area contributed by atoms with Crippen LogP contribution in [0.15, 0.2) is 0 Å². The summed E-state index contributed by atoms with van der Waals surface area (Å²) in [5.41, 5.74) is 9.56. The van der Waals surface area contributed by atoms with Crippen molar-refractivity contribution in [3.63, 3.8) is 0 Å². The Kier molecular flexibility index (Phi) is 4.69. The maximum absolute atomic E-state index is 11.3. The van der Waals surface area contributed by atoms with Crippen molar-refractivity contribution in [1.29, 1.82) is 5.26 Å². The van der Waals surface area contributed by atoms with E-state index in [1.54, 1.807) is 0 Å². The van der Waals surface area contributed by atoms with Gasteiger partial charge in [-0.2, -0.15) is 9.57 Å². The van der Waals surface area contributed by atoms with Crippen LogP contribution in [0.3, 0.4) is 0 Å². The van der Waals surface area contributed by atoms with E-state index in [0.29, 0.717) is 4.31 Å². The zero-order valence-corrected chi connectivity index (χ0v) is 8.53. The average Bonchev–Trinajstić information content (AvgIpc) is 2.00. The zero-order chi connectivity index (χ0) is 12.1. The van der Waals surface area contributed by atoms with E-state index in [0.717, 1.165) is 0 Å². The van der Waals surface area contributed by atoms with E-state index in [1.165, 1.54) is 6.07 Å². The first-order chi connectivity index (χ1) is 6.79. The van der Waals surface area contributed by atoms with Crippen molar-refractivity contribution < 1.29 is 18.0 Å². The normalized spacial score (nSPS) is 10.9. The predicted molar refractivity (Wildman–Crippen MR) is 49.4 cm³/mol. The van der Waals surface area contributed by atoms with Crippen molar-refractivity contribution in [2.24, 2.45) is 11.5 Å². The Morgan fingerprint density at radius 1 is 1.20 bits per heavy atom. The molecule has 0 aliphatic carbocycles. The largest absolute Gasteiger partial charge is 0.369 e. The van der Waals surface area contributed by atoms with Gasteiger partial charge in [-0.15, -0.1) is 0 Å². The van der Waals surface area contributed by atoms with E-state index in [9.17, 15) is 18.0 Å². The van der Waals surface area contributed by atoms with Gasteiger partial charge < -0.3 is 11.5 Å². The molecule has 2 amide bonds. The zero-order valence-electron chi connectivity index (χ0n) is 7.71. The minimum Gasteiger partial charge on any atom is -0.369 e. The molecule has 0 aliphatic heterocycles. The van der Waals surface area contributed by atoms with Crippen LogP contribution in [-0.4, -0.2) is 43.4 Å². The molecule has 0 radical (unpaired) electrons. The second-order valence-corrected chi connectivity index (χ2v) is 4.58. The summed E-state index contributed by atoms with van der Waals surface area (Å²) < 4.78 is 23.1. The number of carbonyl (C=O) groups excluding carboxylic acids is 2. The summed E-state index contributed by atoms with van der Waals surface area (Å²) in [5, 5.41) is 8.23. The molecular weight excluding hydrogens is 224 g/mol. The third kappa shape index (κ3) is 4.94. The van der Waals surface area contributed by atoms with Crippen molar-refractivity contribution in [2.75, 3.05) is 18.8 Å². The number of hydrogen-bond donors (Lipinski definition) is 2. The van der Waals surface area contributed by atoms with Crippen LogP contribution in [0.25, 0.3) is 0 Å². The summed E-state index contributed by atoms with van der Waals surface area (Å²) >= 11 is 0. The molecule has 0 aromatic heterocycles. The second kappa shape index (κ2) is 5.28. The summed E-state index contributed by atoms with van der Waals surface area (Å²) in [6.45, 7) is -1.35. The lowest BCUT2D eigenvalue weighted by molar-refractivity contribution is -0.120. The summed E-state index contributed by atoms with van der Waals surface area (Å²) in [6.07, 6.45) is 0. The van der Waals surface area contributed by atoms with Gasteiger partial charge in [0, 0.05) is 0 Å². The molecule has 0 aromatic rings. The molecule has 0 saturated heterocycles. The molecule has 0 atom stereocenters. The SMILES string of the molecule is N#CCS(=O)(=O)N(CC(N)=O)CC(N)=O. The molecule has 4 N–H and O–H groups in total. The van der Waals surface area contributed by atoms with Gasteiger partial charge in [-0.1, -0.05) is 0 Å². The predicted octanol–water partition coefficient (Wildman–Crippen LogP) is -2.89. The Labute approximate surface area is 86.5 Å². The Morgan fingerprint density at radius 3 is 1.87 bits per heavy atom. The quantitative estimate of drug-likeness (QED) is 0.506. The number of nitriles is 1. The number of nitrogens with two attached hydrogens (primary N) is 2. The van der Waals surface area contributed by atoms with Gasteiger partial charge in [-0.3, -0.25) is 9.59 Å². The van der Waals surface area contributed by atoms with Crippen LogP contribution < -0.4 is 11.5 Å². The highest BCUT2D eigenvalue weighted by atomic mass is 32.2. The lowest BCUT2D eigenvalue weighted by Gasteiger charge is -2.16. The molecule has 8 nitrogen and oxygen atoms in total. The number of primary amides is 2.